The van der Waals surface area contributed by atoms with Crippen molar-refractivity contribution in [2.75, 3.05) is 7.11 Å². The zero-order valence-corrected chi connectivity index (χ0v) is 12.8. The number of hydrogen-bond donors (Lipinski definition) is 1. The molecule has 2 rings (SSSR count). The monoisotopic (exact) mass is 296 g/mol. The van der Waals surface area contributed by atoms with E-state index in [0.717, 1.165) is 44.1 Å². The Morgan fingerprint density at radius 2 is 2.00 bits per heavy atom. The normalized spacial score (nSPS) is 23.8. The summed E-state index contributed by atoms with van der Waals surface area (Å²) in [4.78, 5) is 0. The van der Waals surface area contributed by atoms with Gasteiger partial charge in [-0.1, -0.05) is 13.3 Å². The van der Waals surface area contributed by atoms with Crippen molar-refractivity contribution in [1.29, 1.82) is 0 Å². The molecule has 0 saturated heterocycles. The molecule has 0 amide bonds. The molecule has 0 radical (unpaired) electrons. The van der Waals surface area contributed by atoms with Gasteiger partial charge in [-0.25, -0.2) is 4.39 Å². The van der Waals surface area contributed by atoms with Crippen LogP contribution < -0.4 is 4.74 Å². The average molecular weight is 296 g/mol. The first kappa shape index (κ1) is 16.2. The van der Waals surface area contributed by atoms with Crippen LogP contribution in [0.1, 0.15) is 57.1 Å². The van der Waals surface area contributed by atoms with Crippen LogP contribution in [0, 0.1) is 5.82 Å². The van der Waals surface area contributed by atoms with Crippen LogP contribution in [0.25, 0.3) is 0 Å². The van der Waals surface area contributed by atoms with Gasteiger partial charge in [0, 0.05) is 5.56 Å². The van der Waals surface area contributed by atoms with E-state index in [1.165, 1.54) is 12.1 Å². The minimum Gasteiger partial charge on any atom is -0.496 e. The number of hydrogen-bond acceptors (Lipinski definition) is 3. The maximum absolute atomic E-state index is 13.6. The summed E-state index contributed by atoms with van der Waals surface area (Å²) in [5.74, 6) is 0.403. The fourth-order valence-corrected chi connectivity index (χ4v) is 2.93. The summed E-state index contributed by atoms with van der Waals surface area (Å²) < 4.78 is 25.1. The Morgan fingerprint density at radius 1 is 1.29 bits per heavy atom. The molecule has 1 aromatic carbocycles. The third-order valence-electron chi connectivity index (χ3n) is 4.09. The van der Waals surface area contributed by atoms with Crippen LogP contribution in [0.4, 0.5) is 4.39 Å². The third-order valence-corrected chi connectivity index (χ3v) is 4.09. The Kier molecular flexibility index (Phi) is 6.00. The highest BCUT2D eigenvalue weighted by atomic mass is 19.1. The van der Waals surface area contributed by atoms with Gasteiger partial charge >= 0.3 is 0 Å². The van der Waals surface area contributed by atoms with E-state index in [2.05, 4.69) is 6.92 Å². The van der Waals surface area contributed by atoms with Crippen molar-refractivity contribution in [2.24, 2.45) is 0 Å². The lowest BCUT2D eigenvalue weighted by Crippen LogP contribution is -2.26. The molecule has 0 aliphatic heterocycles. The van der Waals surface area contributed by atoms with Crippen molar-refractivity contribution in [3.63, 3.8) is 0 Å². The molecule has 0 unspecified atom stereocenters. The standard InChI is InChI=1S/C17H25FO3/c1-3-4-17(21-14-8-6-13(19)7-9-14)15-11-12(18)5-10-16(15)20-2/h5,10-11,13-14,17,19H,3-4,6-9H2,1-2H3/t13-,14+,17-/m0/s1. The number of rotatable bonds is 6. The minimum atomic E-state index is -0.269. The summed E-state index contributed by atoms with van der Waals surface area (Å²) in [6, 6.07) is 4.57. The molecule has 1 N–H and O–H groups in total. The molecule has 0 spiro atoms. The highest BCUT2D eigenvalue weighted by molar-refractivity contribution is 5.35. The Bertz CT molecular complexity index is 442. The summed E-state index contributed by atoms with van der Waals surface area (Å²) in [6.07, 6.45) is 4.86. The third kappa shape index (κ3) is 4.42. The topological polar surface area (TPSA) is 38.7 Å². The van der Waals surface area contributed by atoms with Gasteiger partial charge in [0.25, 0.3) is 0 Å². The lowest BCUT2D eigenvalue weighted by atomic mass is 9.94. The van der Waals surface area contributed by atoms with Crippen molar-refractivity contribution in [2.45, 2.75) is 63.8 Å². The molecule has 1 aromatic rings. The molecule has 1 atom stereocenters. The highest BCUT2D eigenvalue weighted by Gasteiger charge is 2.25. The van der Waals surface area contributed by atoms with E-state index in [1.807, 2.05) is 0 Å². The van der Waals surface area contributed by atoms with E-state index in [-0.39, 0.29) is 24.1 Å². The predicted molar refractivity (Wildman–Crippen MR) is 79.9 cm³/mol. The second-order valence-electron chi connectivity index (χ2n) is 5.73. The summed E-state index contributed by atoms with van der Waals surface area (Å²) in [7, 11) is 1.59. The van der Waals surface area contributed by atoms with Gasteiger partial charge in [-0.3, -0.25) is 0 Å². The molecule has 0 bridgehead atoms. The fourth-order valence-electron chi connectivity index (χ4n) is 2.93. The van der Waals surface area contributed by atoms with Crippen molar-refractivity contribution >= 4 is 0 Å². The van der Waals surface area contributed by atoms with Crippen LogP contribution in [-0.2, 0) is 4.74 Å². The first-order valence-electron chi connectivity index (χ1n) is 7.81. The summed E-state index contributed by atoms with van der Waals surface area (Å²) >= 11 is 0. The van der Waals surface area contributed by atoms with E-state index in [0.29, 0.717) is 5.75 Å². The number of methoxy groups -OCH3 is 1. The van der Waals surface area contributed by atoms with Gasteiger partial charge in [0.1, 0.15) is 11.6 Å². The molecule has 1 saturated carbocycles. The first-order chi connectivity index (χ1) is 10.1. The van der Waals surface area contributed by atoms with Gasteiger partial charge in [0.2, 0.25) is 0 Å². The molecule has 4 heteroatoms. The van der Waals surface area contributed by atoms with Crippen molar-refractivity contribution in [1.82, 2.24) is 0 Å². The first-order valence-corrected chi connectivity index (χ1v) is 7.81. The second kappa shape index (κ2) is 7.76. The van der Waals surface area contributed by atoms with E-state index in [4.69, 9.17) is 9.47 Å². The largest absolute Gasteiger partial charge is 0.496 e. The van der Waals surface area contributed by atoms with Gasteiger partial charge in [0.15, 0.2) is 0 Å². The molecular weight excluding hydrogens is 271 g/mol. The quantitative estimate of drug-likeness (QED) is 0.862. The molecule has 1 fully saturated rings. The van der Waals surface area contributed by atoms with Gasteiger partial charge in [0.05, 0.1) is 25.4 Å². The number of halogens is 1. The van der Waals surface area contributed by atoms with Crippen LogP contribution in [0.2, 0.25) is 0 Å². The van der Waals surface area contributed by atoms with Crippen molar-refractivity contribution < 1.29 is 19.0 Å². The highest BCUT2D eigenvalue weighted by Crippen LogP contribution is 2.35. The van der Waals surface area contributed by atoms with E-state index in [1.54, 1.807) is 13.2 Å². The van der Waals surface area contributed by atoms with Crippen LogP contribution in [0.3, 0.4) is 0 Å². The molecule has 118 valence electrons. The molecule has 21 heavy (non-hydrogen) atoms. The van der Waals surface area contributed by atoms with E-state index < -0.39 is 0 Å². The Hall–Kier alpha value is -1.13. The maximum atomic E-state index is 13.6. The number of aliphatic hydroxyl groups is 1. The molecule has 0 heterocycles. The summed E-state index contributed by atoms with van der Waals surface area (Å²) in [6.45, 7) is 2.09. The molecule has 3 nitrogen and oxygen atoms in total. The number of benzene rings is 1. The molecule has 1 aliphatic carbocycles. The lowest BCUT2D eigenvalue weighted by molar-refractivity contribution is -0.0534. The molecular formula is C17H25FO3. The fraction of sp³-hybridized carbons (Fsp3) is 0.647. The van der Waals surface area contributed by atoms with E-state index in [9.17, 15) is 9.50 Å². The second-order valence-corrected chi connectivity index (χ2v) is 5.73. The lowest BCUT2D eigenvalue weighted by Gasteiger charge is -2.30. The van der Waals surface area contributed by atoms with Gasteiger partial charge < -0.3 is 14.6 Å². The van der Waals surface area contributed by atoms with Gasteiger partial charge in [-0.15, -0.1) is 0 Å². The van der Waals surface area contributed by atoms with Crippen LogP contribution >= 0.6 is 0 Å². The summed E-state index contributed by atoms with van der Waals surface area (Å²) in [5.41, 5.74) is 0.783. The SMILES string of the molecule is CCC[C@H](O[C@H]1CC[C@@H](O)CC1)c1cc(F)ccc1OC. The minimum absolute atomic E-state index is 0.137. The van der Waals surface area contributed by atoms with Crippen LogP contribution in [0.15, 0.2) is 18.2 Å². The average Bonchev–Trinajstić information content (AvgIpc) is 2.49. The Labute approximate surface area is 126 Å². The van der Waals surface area contributed by atoms with E-state index >= 15 is 0 Å². The van der Waals surface area contributed by atoms with Crippen molar-refractivity contribution in [3.8, 4) is 5.75 Å². The maximum Gasteiger partial charge on any atom is 0.124 e. The Morgan fingerprint density at radius 3 is 2.62 bits per heavy atom. The van der Waals surface area contributed by atoms with Crippen LogP contribution in [0.5, 0.6) is 5.75 Å². The Balaban J connectivity index is 2.12. The smallest absolute Gasteiger partial charge is 0.124 e. The van der Waals surface area contributed by atoms with Gasteiger partial charge in [-0.05, 0) is 50.3 Å². The van der Waals surface area contributed by atoms with Crippen LogP contribution in [-0.4, -0.2) is 24.4 Å². The zero-order valence-electron chi connectivity index (χ0n) is 12.8. The summed E-state index contributed by atoms with van der Waals surface area (Å²) in [5, 5.41) is 9.57. The van der Waals surface area contributed by atoms with Crippen molar-refractivity contribution in [3.05, 3.63) is 29.6 Å². The number of aliphatic hydroxyl groups excluding tert-OH is 1. The predicted octanol–water partition coefficient (Wildman–Crippen LogP) is 4.00. The van der Waals surface area contributed by atoms with Gasteiger partial charge in [-0.2, -0.15) is 0 Å². The molecule has 0 aromatic heterocycles. The zero-order chi connectivity index (χ0) is 15.2. The number of ether oxygens (including phenoxy) is 2. The molecule has 1 aliphatic rings.